The normalized spacial score (nSPS) is 10.5. The van der Waals surface area contributed by atoms with Gasteiger partial charge in [0.05, 0.1) is 5.52 Å². The van der Waals surface area contributed by atoms with Gasteiger partial charge in [-0.2, -0.15) is 0 Å². The molecule has 0 aliphatic heterocycles. The number of nitrogens with one attached hydrogen (secondary N) is 1. The molecule has 1 aromatic heterocycles. The van der Waals surface area contributed by atoms with Crippen molar-refractivity contribution in [2.45, 2.75) is 6.92 Å². The van der Waals surface area contributed by atoms with Crippen molar-refractivity contribution in [2.75, 3.05) is 5.32 Å². The van der Waals surface area contributed by atoms with Crippen LogP contribution in [0.2, 0.25) is 0 Å². The van der Waals surface area contributed by atoms with E-state index in [1.807, 2.05) is 43.3 Å². The number of fused-ring (bicyclic) bond motifs is 1. The first kappa shape index (κ1) is 13.1. The van der Waals surface area contributed by atoms with Crippen LogP contribution in [0.5, 0.6) is 0 Å². The minimum absolute atomic E-state index is 0.423. The Hall–Kier alpha value is -2.88. The van der Waals surface area contributed by atoms with E-state index in [0.717, 1.165) is 28.0 Å². The summed E-state index contributed by atoms with van der Waals surface area (Å²) >= 11 is 0. The number of aryl methyl sites for hydroxylation is 1. The quantitative estimate of drug-likeness (QED) is 0.771. The SMILES string of the molecule is Cc1ccc2cc(Nc3ccc(C(N)=O)cc3)ccc2n1. The molecular formula is C17H15N3O. The number of carbonyl (C=O) groups is 1. The van der Waals surface area contributed by atoms with E-state index in [1.54, 1.807) is 12.1 Å². The third kappa shape index (κ3) is 2.84. The molecule has 4 nitrogen and oxygen atoms in total. The second-order valence-corrected chi connectivity index (χ2v) is 4.93. The molecule has 0 spiro atoms. The highest BCUT2D eigenvalue weighted by Crippen LogP contribution is 2.22. The van der Waals surface area contributed by atoms with Gasteiger partial charge < -0.3 is 11.1 Å². The van der Waals surface area contributed by atoms with Crippen LogP contribution in [-0.4, -0.2) is 10.9 Å². The van der Waals surface area contributed by atoms with Gasteiger partial charge in [0, 0.05) is 28.0 Å². The number of aromatic nitrogens is 1. The maximum absolute atomic E-state index is 11.0. The maximum Gasteiger partial charge on any atom is 0.248 e. The lowest BCUT2D eigenvalue weighted by atomic mass is 10.1. The molecule has 21 heavy (non-hydrogen) atoms. The van der Waals surface area contributed by atoms with Crippen molar-refractivity contribution in [1.29, 1.82) is 0 Å². The highest BCUT2D eigenvalue weighted by molar-refractivity contribution is 5.93. The van der Waals surface area contributed by atoms with Crippen molar-refractivity contribution in [3.63, 3.8) is 0 Å². The molecule has 1 heterocycles. The molecule has 0 aliphatic carbocycles. The Kier molecular flexibility index (Phi) is 3.28. The molecule has 1 amide bonds. The molecule has 104 valence electrons. The summed E-state index contributed by atoms with van der Waals surface area (Å²) in [5.74, 6) is -0.423. The van der Waals surface area contributed by atoms with Crippen LogP contribution in [0.4, 0.5) is 11.4 Å². The van der Waals surface area contributed by atoms with Crippen molar-refractivity contribution < 1.29 is 4.79 Å². The predicted molar refractivity (Wildman–Crippen MR) is 84.7 cm³/mol. The molecular weight excluding hydrogens is 262 g/mol. The Morgan fingerprint density at radius 2 is 1.71 bits per heavy atom. The van der Waals surface area contributed by atoms with Gasteiger partial charge in [-0.05, 0) is 55.5 Å². The minimum Gasteiger partial charge on any atom is -0.366 e. The molecule has 2 aromatic carbocycles. The van der Waals surface area contributed by atoms with Gasteiger partial charge in [0.15, 0.2) is 0 Å². The number of hydrogen-bond acceptors (Lipinski definition) is 3. The fraction of sp³-hybridized carbons (Fsp3) is 0.0588. The molecule has 0 unspecified atom stereocenters. The maximum atomic E-state index is 11.0. The zero-order valence-corrected chi connectivity index (χ0v) is 11.6. The Balaban J connectivity index is 1.87. The molecule has 0 saturated carbocycles. The summed E-state index contributed by atoms with van der Waals surface area (Å²) in [4.78, 5) is 15.5. The Labute approximate surface area is 122 Å². The van der Waals surface area contributed by atoms with Crippen molar-refractivity contribution in [3.8, 4) is 0 Å². The molecule has 0 radical (unpaired) electrons. The van der Waals surface area contributed by atoms with Crippen LogP contribution in [0.15, 0.2) is 54.6 Å². The Morgan fingerprint density at radius 3 is 2.43 bits per heavy atom. The second kappa shape index (κ2) is 5.25. The largest absolute Gasteiger partial charge is 0.366 e. The fourth-order valence-corrected chi connectivity index (χ4v) is 2.19. The van der Waals surface area contributed by atoms with E-state index in [-0.39, 0.29) is 0 Å². The highest BCUT2D eigenvalue weighted by atomic mass is 16.1. The number of nitrogens with zero attached hydrogens (tertiary/aromatic N) is 1. The number of benzene rings is 2. The molecule has 4 heteroatoms. The van der Waals surface area contributed by atoms with E-state index >= 15 is 0 Å². The lowest BCUT2D eigenvalue weighted by Crippen LogP contribution is -2.10. The van der Waals surface area contributed by atoms with Gasteiger partial charge in [0.1, 0.15) is 0 Å². The summed E-state index contributed by atoms with van der Waals surface area (Å²) in [5.41, 5.74) is 9.58. The molecule has 3 aromatic rings. The summed E-state index contributed by atoms with van der Waals surface area (Å²) in [6.45, 7) is 1.98. The Bertz CT molecular complexity index is 810. The van der Waals surface area contributed by atoms with E-state index in [9.17, 15) is 4.79 Å². The van der Waals surface area contributed by atoms with E-state index in [1.165, 1.54) is 0 Å². The van der Waals surface area contributed by atoms with E-state index in [0.29, 0.717) is 5.56 Å². The third-order valence-corrected chi connectivity index (χ3v) is 3.29. The molecule has 3 rings (SSSR count). The smallest absolute Gasteiger partial charge is 0.248 e. The van der Waals surface area contributed by atoms with Crippen molar-refractivity contribution >= 4 is 28.2 Å². The highest BCUT2D eigenvalue weighted by Gasteiger charge is 2.01. The van der Waals surface area contributed by atoms with Gasteiger partial charge in [-0.15, -0.1) is 0 Å². The topological polar surface area (TPSA) is 68.0 Å². The van der Waals surface area contributed by atoms with Crippen molar-refractivity contribution in [1.82, 2.24) is 4.98 Å². The third-order valence-electron chi connectivity index (χ3n) is 3.29. The van der Waals surface area contributed by atoms with E-state index in [2.05, 4.69) is 16.4 Å². The number of rotatable bonds is 3. The molecule has 0 aliphatic rings. The number of carbonyl (C=O) groups excluding carboxylic acids is 1. The van der Waals surface area contributed by atoms with Gasteiger partial charge in [-0.25, -0.2) is 0 Å². The van der Waals surface area contributed by atoms with Gasteiger partial charge in [0.2, 0.25) is 5.91 Å². The lowest BCUT2D eigenvalue weighted by molar-refractivity contribution is 0.100. The van der Waals surface area contributed by atoms with Crippen LogP contribution in [0.3, 0.4) is 0 Å². The number of pyridine rings is 1. The number of primary amides is 1. The fourth-order valence-electron chi connectivity index (χ4n) is 2.19. The lowest BCUT2D eigenvalue weighted by Gasteiger charge is -2.08. The van der Waals surface area contributed by atoms with Gasteiger partial charge in [-0.3, -0.25) is 9.78 Å². The monoisotopic (exact) mass is 277 g/mol. The standard InChI is InChI=1S/C17H15N3O/c1-11-2-3-13-10-15(8-9-16(13)19-11)20-14-6-4-12(5-7-14)17(18)21/h2-10,20H,1H3,(H2,18,21). The van der Waals surface area contributed by atoms with Gasteiger partial charge in [0.25, 0.3) is 0 Å². The predicted octanol–water partition coefficient (Wildman–Crippen LogP) is 3.39. The first-order valence-electron chi connectivity index (χ1n) is 6.66. The van der Waals surface area contributed by atoms with Gasteiger partial charge in [-0.1, -0.05) is 6.07 Å². The summed E-state index contributed by atoms with van der Waals surface area (Å²) in [5, 5.41) is 4.38. The zero-order valence-electron chi connectivity index (χ0n) is 11.6. The van der Waals surface area contributed by atoms with Crippen LogP contribution < -0.4 is 11.1 Å². The van der Waals surface area contributed by atoms with Crippen LogP contribution in [0.1, 0.15) is 16.1 Å². The first-order valence-corrected chi connectivity index (χ1v) is 6.66. The van der Waals surface area contributed by atoms with Crippen LogP contribution in [-0.2, 0) is 0 Å². The molecule has 0 saturated heterocycles. The Morgan fingerprint density at radius 1 is 1.00 bits per heavy atom. The molecule has 0 bridgehead atoms. The van der Waals surface area contributed by atoms with E-state index < -0.39 is 5.91 Å². The average molecular weight is 277 g/mol. The van der Waals surface area contributed by atoms with Crippen LogP contribution >= 0.6 is 0 Å². The van der Waals surface area contributed by atoms with Crippen molar-refractivity contribution in [2.24, 2.45) is 5.73 Å². The molecule has 0 fully saturated rings. The van der Waals surface area contributed by atoms with E-state index in [4.69, 9.17) is 5.73 Å². The summed E-state index contributed by atoms with van der Waals surface area (Å²) < 4.78 is 0. The number of anilines is 2. The number of nitrogens with two attached hydrogens (primary N) is 1. The average Bonchev–Trinajstić information content (AvgIpc) is 2.48. The summed E-state index contributed by atoms with van der Waals surface area (Å²) in [6, 6.07) is 17.1. The molecule has 0 atom stereocenters. The summed E-state index contributed by atoms with van der Waals surface area (Å²) in [6.07, 6.45) is 0. The van der Waals surface area contributed by atoms with Crippen molar-refractivity contribution in [3.05, 3.63) is 65.9 Å². The summed E-state index contributed by atoms with van der Waals surface area (Å²) in [7, 11) is 0. The molecule has 3 N–H and O–H groups in total. The first-order chi connectivity index (χ1) is 10.1. The number of hydrogen-bond donors (Lipinski definition) is 2. The van der Waals surface area contributed by atoms with Gasteiger partial charge >= 0.3 is 0 Å². The van der Waals surface area contributed by atoms with Crippen LogP contribution in [0.25, 0.3) is 10.9 Å². The van der Waals surface area contributed by atoms with Crippen LogP contribution in [0, 0.1) is 6.92 Å². The minimum atomic E-state index is -0.423. The zero-order chi connectivity index (χ0) is 14.8. The second-order valence-electron chi connectivity index (χ2n) is 4.93. The number of amides is 1.